The molecule has 29 heavy (non-hydrogen) atoms. The number of benzene rings is 1. The van der Waals surface area contributed by atoms with Gasteiger partial charge in [-0.05, 0) is 55.4 Å². The van der Waals surface area contributed by atoms with Gasteiger partial charge in [-0.2, -0.15) is 0 Å². The lowest BCUT2D eigenvalue weighted by atomic mass is 9.84. The first-order chi connectivity index (χ1) is 13.0. The molecule has 1 aliphatic heterocycles. The molecule has 2 amide bonds. The summed E-state index contributed by atoms with van der Waals surface area (Å²) in [7, 11) is 0. The molecular weight excluding hydrogens is 418 g/mol. The molecule has 2 saturated carbocycles. The van der Waals surface area contributed by atoms with Gasteiger partial charge in [0.05, 0.1) is 12.5 Å². The van der Waals surface area contributed by atoms with Gasteiger partial charge in [0.25, 0.3) is 0 Å². The molecule has 0 spiro atoms. The third-order valence-corrected chi connectivity index (χ3v) is 6.44. The van der Waals surface area contributed by atoms with Crippen LogP contribution in [0.3, 0.4) is 0 Å². The van der Waals surface area contributed by atoms with Crippen molar-refractivity contribution in [3.8, 4) is 0 Å². The molecule has 4 unspecified atom stereocenters. The van der Waals surface area contributed by atoms with Crippen LogP contribution in [0.4, 0.5) is 10.1 Å². The van der Waals surface area contributed by atoms with E-state index in [1.165, 1.54) is 18.6 Å². The first-order valence-corrected chi connectivity index (χ1v) is 9.83. The summed E-state index contributed by atoms with van der Waals surface area (Å²) in [6.07, 6.45) is 3.42. The number of carbonyl (C=O) groups excluding carboxylic acids is 2. The van der Waals surface area contributed by atoms with Crippen molar-refractivity contribution in [1.29, 1.82) is 0 Å². The lowest BCUT2D eigenvalue weighted by Crippen LogP contribution is -2.54. The molecule has 1 aromatic rings. The van der Waals surface area contributed by atoms with Gasteiger partial charge < -0.3 is 16.0 Å². The molecule has 0 radical (unpaired) electrons. The van der Waals surface area contributed by atoms with Gasteiger partial charge in [-0.3, -0.25) is 14.5 Å². The molecule has 3 N–H and O–H groups in total. The predicted octanol–water partition coefficient (Wildman–Crippen LogP) is 2.13. The van der Waals surface area contributed by atoms with Gasteiger partial charge in [-0.25, -0.2) is 4.39 Å². The number of hydrogen-bond donors (Lipinski definition) is 2. The number of piperazine rings is 1. The van der Waals surface area contributed by atoms with Crippen LogP contribution in [0.5, 0.6) is 0 Å². The van der Waals surface area contributed by atoms with Crippen LogP contribution in [0.15, 0.2) is 24.3 Å². The average molecular weight is 447 g/mol. The SMILES string of the molecule is Cl.Cl.NC1C2CCC(C2)C1C(=O)N1CCN(CC(=O)Nc2ccc(F)cc2)CC1. The van der Waals surface area contributed by atoms with Crippen molar-refractivity contribution in [3.05, 3.63) is 30.1 Å². The van der Waals surface area contributed by atoms with Gasteiger partial charge in [0.2, 0.25) is 11.8 Å². The van der Waals surface area contributed by atoms with E-state index in [1.807, 2.05) is 9.80 Å². The molecule has 6 nitrogen and oxygen atoms in total. The maximum atomic E-state index is 12.9. The molecule has 1 heterocycles. The number of halogens is 3. The summed E-state index contributed by atoms with van der Waals surface area (Å²) in [6, 6.07) is 5.75. The van der Waals surface area contributed by atoms with E-state index in [-0.39, 0.29) is 61.0 Å². The van der Waals surface area contributed by atoms with E-state index in [0.717, 1.165) is 12.8 Å². The normalized spacial score (nSPS) is 28.4. The Morgan fingerprint density at radius 1 is 1.03 bits per heavy atom. The number of nitrogens with one attached hydrogen (secondary N) is 1. The van der Waals surface area contributed by atoms with Gasteiger partial charge >= 0.3 is 0 Å². The molecule has 4 atom stereocenters. The van der Waals surface area contributed by atoms with Gasteiger partial charge in [-0.1, -0.05) is 0 Å². The standard InChI is InChI=1S/C20H27FN4O2.2ClH/c21-15-3-5-16(6-4-15)23-17(26)12-24-7-9-25(10-8-24)20(27)18-13-1-2-14(11-13)19(18)22;;/h3-6,13-14,18-19H,1-2,7-12,22H2,(H,23,26);2*1H. The number of fused-ring (bicyclic) bond motifs is 2. The first-order valence-electron chi connectivity index (χ1n) is 9.83. The Bertz CT molecular complexity index is 711. The quantitative estimate of drug-likeness (QED) is 0.742. The second-order valence-electron chi connectivity index (χ2n) is 8.09. The zero-order chi connectivity index (χ0) is 19.0. The molecule has 1 aromatic carbocycles. The van der Waals surface area contributed by atoms with Gasteiger partial charge in [0, 0.05) is 37.9 Å². The van der Waals surface area contributed by atoms with Gasteiger partial charge in [0.15, 0.2) is 0 Å². The highest BCUT2D eigenvalue weighted by atomic mass is 35.5. The first kappa shape index (κ1) is 23.9. The number of hydrogen-bond acceptors (Lipinski definition) is 4. The van der Waals surface area contributed by atoms with E-state index in [1.54, 1.807) is 12.1 Å². The minimum absolute atomic E-state index is 0. The number of nitrogens with zero attached hydrogens (tertiary/aromatic N) is 2. The second-order valence-corrected chi connectivity index (χ2v) is 8.09. The highest BCUT2D eigenvalue weighted by molar-refractivity contribution is 5.92. The third-order valence-electron chi connectivity index (χ3n) is 6.44. The Balaban J connectivity index is 0.00000150. The van der Waals surface area contributed by atoms with Crippen LogP contribution < -0.4 is 11.1 Å². The summed E-state index contributed by atoms with van der Waals surface area (Å²) >= 11 is 0. The Morgan fingerprint density at radius 3 is 2.24 bits per heavy atom. The molecule has 2 bridgehead atoms. The van der Waals surface area contributed by atoms with E-state index in [9.17, 15) is 14.0 Å². The summed E-state index contributed by atoms with van der Waals surface area (Å²) in [6.45, 7) is 2.91. The molecular formula is C20H29Cl2FN4O2. The Morgan fingerprint density at radius 2 is 1.66 bits per heavy atom. The molecule has 2 aliphatic carbocycles. The molecule has 4 rings (SSSR count). The van der Waals surface area contributed by atoms with Crippen molar-refractivity contribution in [2.24, 2.45) is 23.5 Å². The van der Waals surface area contributed by atoms with Crippen molar-refractivity contribution >= 4 is 42.3 Å². The van der Waals surface area contributed by atoms with Crippen LogP contribution in [0, 0.1) is 23.6 Å². The smallest absolute Gasteiger partial charge is 0.238 e. The molecule has 0 aromatic heterocycles. The van der Waals surface area contributed by atoms with Crippen molar-refractivity contribution in [3.63, 3.8) is 0 Å². The fourth-order valence-electron chi connectivity index (χ4n) is 4.98. The lowest BCUT2D eigenvalue weighted by molar-refractivity contribution is -0.139. The third kappa shape index (κ3) is 5.20. The Kier molecular flexibility index (Phi) is 8.28. The molecule has 3 fully saturated rings. The minimum Gasteiger partial charge on any atom is -0.340 e. The largest absolute Gasteiger partial charge is 0.340 e. The fraction of sp³-hybridized carbons (Fsp3) is 0.600. The maximum absolute atomic E-state index is 12.9. The van der Waals surface area contributed by atoms with E-state index in [0.29, 0.717) is 43.7 Å². The summed E-state index contributed by atoms with van der Waals surface area (Å²) < 4.78 is 12.9. The van der Waals surface area contributed by atoms with Gasteiger partial charge in [-0.15, -0.1) is 24.8 Å². The Hall–Kier alpha value is -1.41. The molecule has 162 valence electrons. The highest BCUT2D eigenvalue weighted by Crippen LogP contribution is 2.48. The monoisotopic (exact) mass is 446 g/mol. The predicted molar refractivity (Wildman–Crippen MR) is 115 cm³/mol. The van der Waals surface area contributed by atoms with E-state index in [4.69, 9.17) is 5.73 Å². The van der Waals surface area contributed by atoms with Crippen LogP contribution >= 0.6 is 24.8 Å². The number of nitrogens with two attached hydrogens (primary N) is 1. The zero-order valence-corrected chi connectivity index (χ0v) is 17.9. The van der Waals surface area contributed by atoms with Crippen molar-refractivity contribution in [1.82, 2.24) is 9.80 Å². The van der Waals surface area contributed by atoms with Crippen molar-refractivity contribution < 1.29 is 14.0 Å². The average Bonchev–Trinajstić information content (AvgIpc) is 3.25. The van der Waals surface area contributed by atoms with Crippen LogP contribution in [0.25, 0.3) is 0 Å². The second kappa shape index (κ2) is 10.1. The van der Waals surface area contributed by atoms with E-state index in [2.05, 4.69) is 5.32 Å². The van der Waals surface area contributed by atoms with Crippen molar-refractivity contribution in [2.45, 2.75) is 25.3 Å². The molecule has 9 heteroatoms. The minimum atomic E-state index is -0.330. The van der Waals surface area contributed by atoms with Crippen molar-refractivity contribution in [2.75, 3.05) is 38.0 Å². The van der Waals surface area contributed by atoms with E-state index < -0.39 is 0 Å². The Labute approximate surface area is 183 Å². The maximum Gasteiger partial charge on any atom is 0.238 e. The van der Waals surface area contributed by atoms with E-state index >= 15 is 0 Å². The molecule has 1 saturated heterocycles. The number of amides is 2. The number of anilines is 1. The highest BCUT2D eigenvalue weighted by Gasteiger charge is 2.50. The van der Waals surface area contributed by atoms with Gasteiger partial charge in [0.1, 0.15) is 5.82 Å². The lowest BCUT2D eigenvalue weighted by Gasteiger charge is -2.38. The van der Waals surface area contributed by atoms with Crippen LogP contribution in [0.2, 0.25) is 0 Å². The fourth-order valence-corrected chi connectivity index (χ4v) is 4.98. The topological polar surface area (TPSA) is 78.7 Å². The summed E-state index contributed by atoms with van der Waals surface area (Å²) in [5, 5.41) is 2.77. The molecule has 3 aliphatic rings. The summed E-state index contributed by atoms with van der Waals surface area (Å²) in [5.41, 5.74) is 6.90. The summed E-state index contributed by atoms with van der Waals surface area (Å²) in [5.74, 6) is 0.750. The van der Waals surface area contributed by atoms with Crippen LogP contribution in [0.1, 0.15) is 19.3 Å². The van der Waals surface area contributed by atoms with Crippen LogP contribution in [-0.2, 0) is 9.59 Å². The van der Waals surface area contributed by atoms with Crippen LogP contribution in [-0.4, -0.2) is 60.4 Å². The number of carbonyl (C=O) groups is 2. The number of rotatable bonds is 4. The summed E-state index contributed by atoms with van der Waals surface area (Å²) in [4.78, 5) is 29.1. The zero-order valence-electron chi connectivity index (χ0n) is 16.3.